The molecule has 0 aromatic heterocycles. The summed E-state index contributed by atoms with van der Waals surface area (Å²) >= 11 is 0. The maximum absolute atomic E-state index is 13.1. The Morgan fingerprint density at radius 2 is 1.64 bits per heavy atom. The maximum Gasteiger partial charge on any atom is 0.282 e. The van der Waals surface area contributed by atoms with Gasteiger partial charge in [0, 0.05) is 11.3 Å². The van der Waals surface area contributed by atoms with Gasteiger partial charge in [-0.3, -0.25) is 9.69 Å². The number of hydrogen-bond donors (Lipinski definition) is 0. The van der Waals surface area contributed by atoms with E-state index < -0.39 is 0 Å². The number of carbonyl (C=O) groups excluding carboxylic acids is 1. The largest absolute Gasteiger partial charge is 0.282 e. The minimum atomic E-state index is -0.172. The molecule has 1 aliphatic heterocycles. The SMILES string of the molecule is N#Cc1cccc(N=C2C(=O)N(c3ccccc3)c3ccccc32)c1. The summed E-state index contributed by atoms with van der Waals surface area (Å²) in [7, 11) is 0. The highest BCUT2D eigenvalue weighted by atomic mass is 16.2. The number of fused-ring (bicyclic) bond motifs is 1. The van der Waals surface area contributed by atoms with Crippen LogP contribution >= 0.6 is 0 Å². The van der Waals surface area contributed by atoms with Crippen LogP contribution in [-0.2, 0) is 4.79 Å². The summed E-state index contributed by atoms with van der Waals surface area (Å²) in [5.41, 5.74) is 3.89. The van der Waals surface area contributed by atoms with Crippen molar-refractivity contribution in [1.29, 1.82) is 5.26 Å². The predicted octanol–water partition coefficient (Wildman–Crippen LogP) is 4.36. The summed E-state index contributed by atoms with van der Waals surface area (Å²) in [5, 5.41) is 9.05. The second kappa shape index (κ2) is 6.06. The molecule has 0 radical (unpaired) electrons. The van der Waals surface area contributed by atoms with Crippen LogP contribution in [0, 0.1) is 11.3 Å². The number of nitrogens with zero attached hydrogens (tertiary/aromatic N) is 3. The van der Waals surface area contributed by atoms with E-state index in [1.165, 1.54) is 0 Å². The Morgan fingerprint density at radius 3 is 2.44 bits per heavy atom. The van der Waals surface area contributed by atoms with Crippen molar-refractivity contribution in [2.24, 2.45) is 4.99 Å². The van der Waals surface area contributed by atoms with Gasteiger partial charge in [-0.05, 0) is 36.4 Å². The number of para-hydroxylation sites is 2. The summed E-state index contributed by atoms with van der Waals surface area (Å²) in [6, 6.07) is 26.1. The van der Waals surface area contributed by atoms with Gasteiger partial charge in [-0.25, -0.2) is 4.99 Å². The van der Waals surface area contributed by atoms with E-state index in [0.717, 1.165) is 16.9 Å². The van der Waals surface area contributed by atoms with Crippen LogP contribution in [0.15, 0.2) is 83.9 Å². The number of aliphatic imine (C=N–C) groups is 1. The van der Waals surface area contributed by atoms with Crippen molar-refractivity contribution in [1.82, 2.24) is 0 Å². The highest BCUT2D eigenvalue weighted by Gasteiger charge is 2.34. The lowest BCUT2D eigenvalue weighted by Crippen LogP contribution is -2.25. The third-order valence-corrected chi connectivity index (χ3v) is 4.04. The lowest BCUT2D eigenvalue weighted by atomic mass is 10.1. The van der Waals surface area contributed by atoms with Gasteiger partial charge in [-0.2, -0.15) is 5.26 Å². The second-order valence-electron chi connectivity index (χ2n) is 5.62. The van der Waals surface area contributed by atoms with Crippen LogP contribution in [0.3, 0.4) is 0 Å². The average molecular weight is 323 g/mol. The molecule has 118 valence electrons. The molecule has 1 heterocycles. The third-order valence-electron chi connectivity index (χ3n) is 4.04. The molecule has 1 aliphatic rings. The number of amides is 1. The van der Waals surface area contributed by atoms with Crippen molar-refractivity contribution in [2.75, 3.05) is 4.90 Å². The minimum absolute atomic E-state index is 0.172. The molecule has 0 saturated carbocycles. The van der Waals surface area contributed by atoms with E-state index in [1.54, 1.807) is 29.2 Å². The zero-order valence-corrected chi connectivity index (χ0v) is 13.3. The Bertz CT molecular complexity index is 1030. The van der Waals surface area contributed by atoms with Crippen LogP contribution < -0.4 is 4.90 Å². The van der Waals surface area contributed by atoms with E-state index in [-0.39, 0.29) is 5.91 Å². The van der Waals surface area contributed by atoms with Crippen LogP contribution in [0.2, 0.25) is 0 Å². The van der Waals surface area contributed by atoms with E-state index in [1.807, 2.05) is 54.6 Å². The first-order chi connectivity index (χ1) is 12.3. The highest BCUT2D eigenvalue weighted by molar-refractivity contribution is 6.56. The van der Waals surface area contributed by atoms with Gasteiger partial charge < -0.3 is 0 Å². The number of nitriles is 1. The van der Waals surface area contributed by atoms with E-state index in [9.17, 15) is 4.79 Å². The number of anilines is 2. The zero-order valence-electron chi connectivity index (χ0n) is 13.3. The van der Waals surface area contributed by atoms with Gasteiger partial charge in [0.1, 0.15) is 5.71 Å². The summed E-state index contributed by atoms with van der Waals surface area (Å²) in [6.07, 6.45) is 0. The molecular formula is C21H13N3O. The number of benzene rings is 3. The molecule has 0 saturated heterocycles. The van der Waals surface area contributed by atoms with Gasteiger partial charge in [0.15, 0.2) is 0 Å². The van der Waals surface area contributed by atoms with Crippen molar-refractivity contribution in [3.63, 3.8) is 0 Å². The number of carbonyl (C=O) groups is 1. The van der Waals surface area contributed by atoms with Gasteiger partial charge in [-0.15, -0.1) is 0 Å². The van der Waals surface area contributed by atoms with Crippen LogP contribution in [0.5, 0.6) is 0 Å². The molecule has 0 N–H and O–H groups in total. The minimum Gasteiger partial charge on any atom is -0.275 e. The molecule has 0 unspecified atom stereocenters. The monoisotopic (exact) mass is 323 g/mol. The molecule has 1 amide bonds. The summed E-state index contributed by atoms with van der Waals surface area (Å²) in [4.78, 5) is 19.3. The summed E-state index contributed by atoms with van der Waals surface area (Å²) in [5.74, 6) is -0.172. The fraction of sp³-hybridized carbons (Fsp3) is 0. The van der Waals surface area contributed by atoms with Crippen molar-refractivity contribution in [3.05, 3.63) is 90.0 Å². The lowest BCUT2D eigenvalue weighted by molar-refractivity contribution is -0.111. The first kappa shape index (κ1) is 14.9. The first-order valence-corrected chi connectivity index (χ1v) is 7.86. The Kier molecular flexibility index (Phi) is 3.60. The van der Waals surface area contributed by atoms with E-state index >= 15 is 0 Å². The first-order valence-electron chi connectivity index (χ1n) is 7.86. The van der Waals surface area contributed by atoms with E-state index in [4.69, 9.17) is 5.26 Å². The fourth-order valence-electron chi connectivity index (χ4n) is 2.91. The number of hydrogen-bond acceptors (Lipinski definition) is 3. The maximum atomic E-state index is 13.1. The van der Waals surface area contributed by atoms with Crippen molar-refractivity contribution in [2.45, 2.75) is 0 Å². The Labute approximate surface area is 145 Å². The van der Waals surface area contributed by atoms with Crippen molar-refractivity contribution in [3.8, 4) is 6.07 Å². The molecule has 0 spiro atoms. The molecule has 3 aromatic rings. The van der Waals surface area contributed by atoms with E-state index in [0.29, 0.717) is 17.0 Å². The molecule has 4 nitrogen and oxygen atoms in total. The standard InChI is InChI=1S/C21H13N3O/c22-14-15-7-6-8-16(13-15)23-20-18-11-4-5-12-19(18)24(21(20)25)17-9-2-1-3-10-17/h1-13H. The topological polar surface area (TPSA) is 56.5 Å². The van der Waals surface area contributed by atoms with Gasteiger partial charge in [0.05, 0.1) is 23.0 Å². The molecule has 0 atom stereocenters. The van der Waals surface area contributed by atoms with Gasteiger partial charge >= 0.3 is 0 Å². The zero-order chi connectivity index (χ0) is 17.2. The average Bonchev–Trinajstić information content (AvgIpc) is 2.94. The molecule has 0 bridgehead atoms. The van der Waals surface area contributed by atoms with Crippen LogP contribution in [0.1, 0.15) is 11.1 Å². The molecular weight excluding hydrogens is 310 g/mol. The van der Waals surface area contributed by atoms with Gasteiger partial charge in [0.2, 0.25) is 0 Å². The third kappa shape index (κ3) is 2.58. The Hall–Kier alpha value is -3.71. The summed E-state index contributed by atoms with van der Waals surface area (Å²) in [6.45, 7) is 0. The molecule has 0 aliphatic carbocycles. The number of rotatable bonds is 2. The Balaban J connectivity index is 1.86. The van der Waals surface area contributed by atoms with Crippen LogP contribution in [0.25, 0.3) is 0 Å². The normalized spacial score (nSPS) is 14.4. The quantitative estimate of drug-likeness (QED) is 0.703. The van der Waals surface area contributed by atoms with Crippen LogP contribution in [-0.4, -0.2) is 11.6 Å². The molecule has 4 heteroatoms. The molecule has 0 fully saturated rings. The van der Waals surface area contributed by atoms with Crippen molar-refractivity contribution >= 4 is 28.7 Å². The predicted molar refractivity (Wildman–Crippen MR) is 97.4 cm³/mol. The summed E-state index contributed by atoms with van der Waals surface area (Å²) < 4.78 is 0. The highest BCUT2D eigenvalue weighted by Crippen LogP contribution is 2.36. The lowest BCUT2D eigenvalue weighted by Gasteiger charge is -2.16. The fourth-order valence-corrected chi connectivity index (χ4v) is 2.91. The van der Waals surface area contributed by atoms with Crippen LogP contribution in [0.4, 0.5) is 17.1 Å². The van der Waals surface area contributed by atoms with Gasteiger partial charge in [-0.1, -0.05) is 42.5 Å². The molecule has 25 heavy (non-hydrogen) atoms. The molecule has 4 rings (SSSR count). The smallest absolute Gasteiger partial charge is 0.275 e. The van der Waals surface area contributed by atoms with E-state index in [2.05, 4.69) is 11.1 Å². The van der Waals surface area contributed by atoms with Gasteiger partial charge in [0.25, 0.3) is 5.91 Å². The molecule has 3 aromatic carbocycles. The van der Waals surface area contributed by atoms with Crippen molar-refractivity contribution < 1.29 is 4.79 Å². The second-order valence-corrected chi connectivity index (χ2v) is 5.62. The Morgan fingerprint density at radius 1 is 0.880 bits per heavy atom.